The summed E-state index contributed by atoms with van der Waals surface area (Å²) in [7, 11) is 0. The van der Waals surface area contributed by atoms with Crippen LogP contribution in [0.15, 0.2) is 6.07 Å². The average molecular weight is 414 g/mol. The largest absolute Gasteiger partial charge is 0.381 e. The number of thiophene rings is 1. The molecule has 3 heterocycles. The van der Waals surface area contributed by atoms with Crippen molar-refractivity contribution in [2.24, 2.45) is 5.41 Å². The molecule has 1 saturated heterocycles. The number of aryl methyl sites for hydroxylation is 1. The summed E-state index contributed by atoms with van der Waals surface area (Å²) in [6, 6.07) is 3.86. The van der Waals surface area contributed by atoms with Gasteiger partial charge in [-0.15, -0.1) is 11.3 Å². The first-order chi connectivity index (χ1) is 14.0. The Morgan fingerprint density at radius 1 is 1.03 bits per heavy atom. The van der Waals surface area contributed by atoms with Crippen LogP contribution in [-0.2, 0) is 11.3 Å². The third kappa shape index (κ3) is 4.38. The maximum atomic E-state index is 5.62. The van der Waals surface area contributed by atoms with Gasteiger partial charge in [0.2, 0.25) is 0 Å². The summed E-state index contributed by atoms with van der Waals surface area (Å²) >= 11 is 1.93. The predicted molar refractivity (Wildman–Crippen MR) is 120 cm³/mol. The van der Waals surface area contributed by atoms with Crippen molar-refractivity contribution in [1.29, 1.82) is 0 Å². The van der Waals surface area contributed by atoms with Crippen molar-refractivity contribution >= 4 is 21.6 Å². The third-order valence-electron chi connectivity index (χ3n) is 7.35. The molecule has 2 aliphatic carbocycles. The lowest BCUT2D eigenvalue weighted by Gasteiger charge is -2.34. The van der Waals surface area contributed by atoms with E-state index < -0.39 is 0 Å². The van der Waals surface area contributed by atoms with E-state index in [1.54, 1.807) is 4.88 Å². The summed E-state index contributed by atoms with van der Waals surface area (Å²) in [5, 5.41) is 1.32. The molecule has 0 amide bonds. The summed E-state index contributed by atoms with van der Waals surface area (Å²) in [6.45, 7) is 9.69. The molecule has 2 saturated carbocycles. The Labute approximate surface area is 179 Å². The Bertz CT molecular complexity index is 856. The molecule has 158 valence electrons. The molecule has 0 radical (unpaired) electrons. The molecule has 0 unspecified atom stereocenters. The van der Waals surface area contributed by atoms with Gasteiger partial charge in [0.15, 0.2) is 0 Å². The normalized spacial score (nSPS) is 23.9. The predicted octanol–water partition coefficient (Wildman–Crippen LogP) is 5.83. The van der Waals surface area contributed by atoms with Crippen LogP contribution in [0.2, 0.25) is 0 Å². The van der Waals surface area contributed by atoms with E-state index in [0.29, 0.717) is 17.4 Å². The van der Waals surface area contributed by atoms with Crippen molar-refractivity contribution < 1.29 is 4.74 Å². The highest BCUT2D eigenvalue weighted by Gasteiger charge is 2.35. The molecule has 0 aromatic carbocycles. The van der Waals surface area contributed by atoms with E-state index in [-0.39, 0.29) is 0 Å². The average Bonchev–Trinajstić information content (AvgIpc) is 3.45. The number of hydrogen-bond donors (Lipinski definition) is 0. The Kier molecular flexibility index (Phi) is 5.42. The van der Waals surface area contributed by atoms with Gasteiger partial charge in [-0.1, -0.05) is 13.8 Å². The minimum atomic E-state index is 0.517. The van der Waals surface area contributed by atoms with Gasteiger partial charge in [0.05, 0.1) is 5.69 Å². The second kappa shape index (κ2) is 7.90. The number of rotatable bonds is 5. The number of fused-ring (bicyclic) bond motifs is 1. The van der Waals surface area contributed by atoms with Crippen LogP contribution in [0.4, 0.5) is 0 Å². The summed E-state index contributed by atoms with van der Waals surface area (Å²) in [6.07, 6.45) is 10.3. The van der Waals surface area contributed by atoms with Crippen molar-refractivity contribution in [3.63, 3.8) is 0 Å². The summed E-state index contributed by atoms with van der Waals surface area (Å²) < 4.78 is 5.62. The maximum absolute atomic E-state index is 5.62. The van der Waals surface area contributed by atoms with Gasteiger partial charge in [0.25, 0.3) is 0 Å². The molecular formula is C24H35N3OS. The van der Waals surface area contributed by atoms with Crippen molar-refractivity contribution in [2.45, 2.75) is 96.7 Å². The summed E-state index contributed by atoms with van der Waals surface area (Å²) in [4.78, 5) is 15.3. The van der Waals surface area contributed by atoms with Crippen LogP contribution < -0.4 is 0 Å². The number of ether oxygens (including phenoxy) is 1. The smallest absolute Gasteiger partial charge is 0.127 e. The van der Waals surface area contributed by atoms with Gasteiger partial charge >= 0.3 is 0 Å². The van der Waals surface area contributed by atoms with E-state index in [4.69, 9.17) is 14.7 Å². The van der Waals surface area contributed by atoms with Gasteiger partial charge in [0, 0.05) is 42.1 Å². The fourth-order valence-corrected chi connectivity index (χ4v) is 6.54. The molecule has 0 bridgehead atoms. The van der Waals surface area contributed by atoms with E-state index >= 15 is 0 Å². The molecule has 2 aromatic rings. The van der Waals surface area contributed by atoms with E-state index in [1.165, 1.54) is 54.4 Å². The second-order valence-corrected chi connectivity index (χ2v) is 11.3. The molecule has 0 N–H and O–H groups in total. The molecular weight excluding hydrogens is 378 g/mol. The molecule has 5 rings (SSSR count). The summed E-state index contributed by atoms with van der Waals surface area (Å²) in [5.74, 6) is 1.64. The summed E-state index contributed by atoms with van der Waals surface area (Å²) in [5.41, 5.74) is 1.77. The SMILES string of the molecule is Cc1nc(CN(C2CCOCC2)C2CC2)c2cc(C3CCC(C)(C)CC3)sc2n1. The zero-order chi connectivity index (χ0) is 20.0. The molecule has 3 aliphatic rings. The Morgan fingerprint density at radius 2 is 1.72 bits per heavy atom. The maximum Gasteiger partial charge on any atom is 0.127 e. The van der Waals surface area contributed by atoms with Gasteiger partial charge in [-0.25, -0.2) is 9.97 Å². The van der Waals surface area contributed by atoms with Crippen molar-refractivity contribution in [3.05, 3.63) is 22.5 Å². The van der Waals surface area contributed by atoms with E-state index in [9.17, 15) is 0 Å². The zero-order valence-electron chi connectivity index (χ0n) is 18.2. The Balaban J connectivity index is 1.42. The molecule has 2 aromatic heterocycles. The fourth-order valence-electron chi connectivity index (χ4n) is 5.28. The lowest BCUT2D eigenvalue weighted by atomic mass is 9.73. The minimum absolute atomic E-state index is 0.517. The fraction of sp³-hybridized carbons (Fsp3) is 0.750. The second-order valence-electron chi connectivity index (χ2n) is 10.3. The quantitative estimate of drug-likeness (QED) is 0.618. The van der Waals surface area contributed by atoms with Crippen LogP contribution in [0.3, 0.4) is 0 Å². The van der Waals surface area contributed by atoms with Gasteiger partial charge in [0.1, 0.15) is 10.7 Å². The lowest BCUT2D eigenvalue weighted by molar-refractivity contribution is 0.0273. The van der Waals surface area contributed by atoms with Crippen molar-refractivity contribution in [2.75, 3.05) is 13.2 Å². The van der Waals surface area contributed by atoms with Crippen LogP contribution in [0, 0.1) is 12.3 Å². The molecule has 0 atom stereocenters. The molecule has 29 heavy (non-hydrogen) atoms. The van der Waals surface area contributed by atoms with E-state index in [2.05, 4.69) is 31.7 Å². The highest BCUT2D eigenvalue weighted by Crippen LogP contribution is 2.45. The van der Waals surface area contributed by atoms with Crippen molar-refractivity contribution in [1.82, 2.24) is 14.9 Å². The highest BCUT2D eigenvalue weighted by atomic mass is 32.1. The first-order valence-electron chi connectivity index (χ1n) is 11.6. The molecule has 0 spiro atoms. The van der Waals surface area contributed by atoms with Gasteiger partial charge in [-0.05, 0) is 75.7 Å². The highest BCUT2D eigenvalue weighted by molar-refractivity contribution is 7.18. The van der Waals surface area contributed by atoms with Crippen LogP contribution in [0.1, 0.15) is 87.5 Å². The van der Waals surface area contributed by atoms with Crippen LogP contribution in [0.5, 0.6) is 0 Å². The van der Waals surface area contributed by atoms with Gasteiger partial charge < -0.3 is 4.74 Å². The standard InChI is InChI=1S/C24H35N3OS/c1-16-25-21(15-27(18-4-5-18)19-8-12-28-13-9-19)20-14-22(29-23(20)26-16)17-6-10-24(2,3)11-7-17/h14,17-19H,4-13,15H2,1-3H3. The van der Waals surface area contributed by atoms with E-state index in [1.807, 2.05) is 11.3 Å². The number of hydrogen-bond acceptors (Lipinski definition) is 5. The Morgan fingerprint density at radius 3 is 2.41 bits per heavy atom. The third-order valence-corrected chi connectivity index (χ3v) is 8.54. The van der Waals surface area contributed by atoms with Gasteiger partial charge in [-0.3, -0.25) is 4.90 Å². The first-order valence-corrected chi connectivity index (χ1v) is 12.4. The monoisotopic (exact) mass is 413 g/mol. The van der Waals surface area contributed by atoms with Crippen LogP contribution in [0.25, 0.3) is 10.2 Å². The lowest BCUT2D eigenvalue weighted by Crippen LogP contribution is -2.40. The van der Waals surface area contributed by atoms with Crippen LogP contribution in [-0.4, -0.2) is 40.2 Å². The Hall–Kier alpha value is -1.04. The minimum Gasteiger partial charge on any atom is -0.381 e. The van der Waals surface area contributed by atoms with Gasteiger partial charge in [-0.2, -0.15) is 0 Å². The molecule has 5 heteroatoms. The molecule has 4 nitrogen and oxygen atoms in total. The topological polar surface area (TPSA) is 38.2 Å². The number of nitrogens with zero attached hydrogens (tertiary/aromatic N) is 3. The van der Waals surface area contributed by atoms with Crippen LogP contribution >= 0.6 is 11.3 Å². The van der Waals surface area contributed by atoms with Crippen molar-refractivity contribution in [3.8, 4) is 0 Å². The van der Waals surface area contributed by atoms with E-state index in [0.717, 1.165) is 44.5 Å². The zero-order valence-corrected chi connectivity index (χ0v) is 19.1. The molecule has 3 fully saturated rings. The first kappa shape index (κ1) is 19.9. The number of aromatic nitrogens is 2. The molecule has 1 aliphatic heterocycles.